The first-order valence-electron chi connectivity index (χ1n) is 12.0. The molecule has 0 aromatic rings. The highest BCUT2D eigenvalue weighted by Crippen LogP contribution is 2.53. The molecule has 32 heavy (non-hydrogen) atoms. The highest BCUT2D eigenvalue weighted by molar-refractivity contribution is 5.72. The fraction of sp³-hybridized carbons (Fsp3) is 0.889. The number of hydrogen-bond acceptors (Lipinski definition) is 3. The SMILES string of the molecule is CC(C)C(C#N)CC(C)(C)C(C)C(CC(C)(C)C(C)(C)C(CC(C)(C)C)C(=O)O)C(=O)O. The van der Waals surface area contributed by atoms with Crippen molar-refractivity contribution in [3.05, 3.63) is 0 Å². The van der Waals surface area contributed by atoms with Gasteiger partial charge in [0.2, 0.25) is 0 Å². The molecule has 0 aromatic heterocycles. The van der Waals surface area contributed by atoms with Gasteiger partial charge in [0.1, 0.15) is 0 Å². The fourth-order valence-corrected chi connectivity index (χ4v) is 4.75. The Morgan fingerprint density at radius 3 is 1.59 bits per heavy atom. The Kier molecular flexibility index (Phi) is 10.1. The Hall–Kier alpha value is -1.57. The summed E-state index contributed by atoms with van der Waals surface area (Å²) in [4.78, 5) is 24.7. The molecule has 0 aliphatic heterocycles. The van der Waals surface area contributed by atoms with E-state index in [9.17, 15) is 25.1 Å². The molecule has 5 heteroatoms. The first-order valence-corrected chi connectivity index (χ1v) is 12.0. The molecule has 0 saturated heterocycles. The van der Waals surface area contributed by atoms with Gasteiger partial charge in [0.15, 0.2) is 0 Å². The Balaban J connectivity index is 6.03. The Morgan fingerprint density at radius 2 is 1.28 bits per heavy atom. The predicted molar refractivity (Wildman–Crippen MR) is 130 cm³/mol. The van der Waals surface area contributed by atoms with Crippen molar-refractivity contribution in [3.63, 3.8) is 0 Å². The van der Waals surface area contributed by atoms with Crippen LogP contribution in [0.5, 0.6) is 0 Å². The van der Waals surface area contributed by atoms with Gasteiger partial charge in [-0.15, -0.1) is 0 Å². The summed E-state index contributed by atoms with van der Waals surface area (Å²) in [6.45, 7) is 24.2. The average Bonchev–Trinajstić information content (AvgIpc) is 2.59. The number of aliphatic carboxylic acids is 2. The van der Waals surface area contributed by atoms with Crippen LogP contribution in [0.3, 0.4) is 0 Å². The third kappa shape index (κ3) is 7.78. The van der Waals surface area contributed by atoms with E-state index in [1.54, 1.807) is 0 Å². The molecule has 0 fully saturated rings. The van der Waals surface area contributed by atoms with E-state index in [4.69, 9.17) is 0 Å². The number of hydrogen-bond donors (Lipinski definition) is 2. The molecular weight excluding hydrogens is 402 g/mol. The van der Waals surface area contributed by atoms with Gasteiger partial charge in [0.25, 0.3) is 0 Å². The van der Waals surface area contributed by atoms with E-state index in [-0.39, 0.29) is 28.6 Å². The van der Waals surface area contributed by atoms with Crippen molar-refractivity contribution >= 4 is 11.9 Å². The molecule has 2 N–H and O–H groups in total. The van der Waals surface area contributed by atoms with E-state index in [2.05, 4.69) is 19.9 Å². The molecule has 0 aliphatic carbocycles. The Morgan fingerprint density at radius 1 is 0.812 bits per heavy atom. The van der Waals surface area contributed by atoms with Crippen LogP contribution in [0.25, 0.3) is 0 Å². The molecule has 0 amide bonds. The minimum atomic E-state index is -0.852. The lowest BCUT2D eigenvalue weighted by atomic mass is 9.54. The van der Waals surface area contributed by atoms with Gasteiger partial charge in [0.05, 0.1) is 17.9 Å². The molecule has 0 rings (SSSR count). The molecule has 4 atom stereocenters. The van der Waals surface area contributed by atoms with Crippen LogP contribution in [-0.2, 0) is 9.59 Å². The van der Waals surface area contributed by atoms with Crippen LogP contribution < -0.4 is 0 Å². The van der Waals surface area contributed by atoms with Gasteiger partial charge in [-0.25, -0.2) is 0 Å². The van der Waals surface area contributed by atoms with Gasteiger partial charge in [-0.1, -0.05) is 83.1 Å². The van der Waals surface area contributed by atoms with Gasteiger partial charge >= 0.3 is 11.9 Å². The third-order valence-electron chi connectivity index (χ3n) is 8.33. The van der Waals surface area contributed by atoms with E-state index in [0.717, 1.165) is 0 Å². The Labute approximate surface area is 197 Å². The smallest absolute Gasteiger partial charge is 0.307 e. The van der Waals surface area contributed by atoms with E-state index < -0.39 is 34.6 Å². The molecule has 0 saturated carbocycles. The van der Waals surface area contributed by atoms with Crippen molar-refractivity contribution in [1.82, 2.24) is 0 Å². The number of rotatable bonds is 12. The zero-order valence-corrected chi connectivity index (χ0v) is 22.7. The Bertz CT molecular complexity index is 691. The monoisotopic (exact) mass is 451 g/mol. The third-order valence-corrected chi connectivity index (χ3v) is 8.33. The number of carboxylic acid groups (broad SMARTS) is 2. The average molecular weight is 452 g/mol. The number of nitriles is 1. The lowest BCUT2D eigenvalue weighted by molar-refractivity contribution is -0.155. The summed E-state index contributed by atoms with van der Waals surface area (Å²) in [5.74, 6) is -2.99. The summed E-state index contributed by atoms with van der Waals surface area (Å²) in [5.41, 5.74) is -1.63. The van der Waals surface area contributed by atoms with Crippen molar-refractivity contribution in [2.75, 3.05) is 0 Å². The predicted octanol–water partition coefficient (Wildman–Crippen LogP) is 7.11. The van der Waals surface area contributed by atoms with Crippen molar-refractivity contribution < 1.29 is 19.8 Å². The topological polar surface area (TPSA) is 98.4 Å². The lowest BCUT2D eigenvalue weighted by Gasteiger charge is -2.49. The van der Waals surface area contributed by atoms with Crippen molar-refractivity contribution in [2.45, 2.75) is 102 Å². The van der Waals surface area contributed by atoms with Crippen LogP contribution in [0.1, 0.15) is 102 Å². The summed E-state index contributed by atoms with van der Waals surface area (Å²) in [6, 6.07) is 2.39. The molecule has 0 radical (unpaired) electrons. The van der Waals surface area contributed by atoms with E-state index in [0.29, 0.717) is 19.3 Å². The zero-order chi connectivity index (χ0) is 25.9. The van der Waals surface area contributed by atoms with Crippen LogP contribution in [0.4, 0.5) is 0 Å². The quantitative estimate of drug-likeness (QED) is 0.329. The molecule has 186 valence electrons. The summed E-state index contributed by atoms with van der Waals surface area (Å²) in [5, 5.41) is 29.8. The van der Waals surface area contributed by atoms with Gasteiger partial charge in [0, 0.05) is 5.92 Å². The van der Waals surface area contributed by atoms with Crippen LogP contribution >= 0.6 is 0 Å². The van der Waals surface area contributed by atoms with Crippen LogP contribution in [0.15, 0.2) is 0 Å². The summed E-state index contributed by atoms with van der Waals surface area (Å²) < 4.78 is 0. The standard InChI is InChI=1S/C27H49NO4/c1-17(2)19(16-28)13-25(7,8)18(3)20(22(29)30)14-26(9,10)27(11,12)21(23(31)32)15-24(4,5)6/h17-21H,13-15H2,1-12H3,(H,29,30)(H,31,32). The summed E-state index contributed by atoms with van der Waals surface area (Å²) in [6.07, 6.45) is 1.54. The highest BCUT2D eigenvalue weighted by atomic mass is 16.4. The van der Waals surface area contributed by atoms with E-state index >= 15 is 0 Å². The maximum Gasteiger partial charge on any atom is 0.307 e. The molecule has 0 aliphatic rings. The minimum Gasteiger partial charge on any atom is -0.481 e. The fourth-order valence-electron chi connectivity index (χ4n) is 4.75. The van der Waals surface area contributed by atoms with Gasteiger partial charge < -0.3 is 10.2 Å². The molecule has 0 aromatic carbocycles. The molecular formula is C27H49NO4. The first-order chi connectivity index (χ1) is 14.1. The zero-order valence-electron chi connectivity index (χ0n) is 22.7. The van der Waals surface area contributed by atoms with Crippen molar-refractivity contribution in [1.29, 1.82) is 5.26 Å². The van der Waals surface area contributed by atoms with Crippen molar-refractivity contribution in [3.8, 4) is 6.07 Å². The van der Waals surface area contributed by atoms with Gasteiger partial charge in [-0.2, -0.15) is 5.26 Å². The first kappa shape index (κ1) is 30.4. The van der Waals surface area contributed by atoms with Crippen LogP contribution in [0.2, 0.25) is 0 Å². The number of nitrogens with zero attached hydrogens (tertiary/aromatic N) is 1. The second-order valence-corrected chi connectivity index (χ2v) is 13.4. The maximum atomic E-state index is 12.4. The molecule has 0 bridgehead atoms. The van der Waals surface area contributed by atoms with Crippen LogP contribution in [-0.4, -0.2) is 22.2 Å². The largest absolute Gasteiger partial charge is 0.481 e. The second kappa shape index (κ2) is 10.6. The van der Waals surface area contributed by atoms with Gasteiger partial charge in [-0.3, -0.25) is 9.59 Å². The van der Waals surface area contributed by atoms with E-state index in [1.807, 2.05) is 69.2 Å². The minimum absolute atomic E-state index is 0.130. The van der Waals surface area contributed by atoms with Crippen LogP contribution in [0, 0.1) is 62.6 Å². The molecule has 0 spiro atoms. The van der Waals surface area contributed by atoms with Gasteiger partial charge in [-0.05, 0) is 52.8 Å². The van der Waals surface area contributed by atoms with E-state index in [1.165, 1.54) is 0 Å². The van der Waals surface area contributed by atoms with Crippen molar-refractivity contribution in [2.24, 2.45) is 51.2 Å². The number of carbonyl (C=O) groups is 2. The lowest BCUT2D eigenvalue weighted by Crippen LogP contribution is -2.47. The second-order valence-electron chi connectivity index (χ2n) is 13.4. The molecule has 0 heterocycles. The summed E-state index contributed by atoms with van der Waals surface area (Å²) >= 11 is 0. The summed E-state index contributed by atoms with van der Waals surface area (Å²) in [7, 11) is 0. The molecule has 4 unspecified atom stereocenters. The molecule has 5 nitrogen and oxygen atoms in total. The number of carboxylic acids is 2. The maximum absolute atomic E-state index is 12.4. The highest BCUT2D eigenvalue weighted by Gasteiger charge is 2.50. The normalized spacial score (nSPS) is 17.4.